The minimum Gasteiger partial charge on any atom is -0.495 e. The topological polar surface area (TPSA) is 46.2 Å². The van der Waals surface area contributed by atoms with Crippen LogP contribution in [0.1, 0.15) is 5.56 Å². The number of ether oxygens (including phenoxy) is 1. The van der Waals surface area contributed by atoms with Gasteiger partial charge in [0.2, 0.25) is 0 Å². The predicted octanol–water partition coefficient (Wildman–Crippen LogP) is 2.31. The minimum absolute atomic E-state index is 0.522. The Hall–Kier alpha value is -1.95. The van der Waals surface area contributed by atoms with E-state index in [2.05, 4.69) is 6.07 Å². The van der Waals surface area contributed by atoms with Crippen molar-refractivity contribution in [2.45, 2.75) is 0 Å². The molecule has 0 saturated heterocycles. The Kier molecular flexibility index (Phi) is 1.67. The molecular weight excluding hydrogens is 166 g/mol. The van der Waals surface area contributed by atoms with Gasteiger partial charge in [-0.3, -0.25) is 0 Å². The van der Waals surface area contributed by atoms with Gasteiger partial charge in [-0.05, 0) is 18.2 Å². The van der Waals surface area contributed by atoms with Gasteiger partial charge in [0.25, 0.3) is 0 Å². The minimum atomic E-state index is 0.522. The third kappa shape index (κ3) is 1.04. The Morgan fingerprint density at radius 3 is 2.92 bits per heavy atom. The summed E-state index contributed by atoms with van der Waals surface area (Å²) in [4.78, 5) is 0. The molecule has 0 aliphatic rings. The molecule has 0 radical (unpaired) electrons. The van der Waals surface area contributed by atoms with Crippen molar-refractivity contribution in [2.24, 2.45) is 0 Å². The molecule has 1 aromatic carbocycles. The van der Waals surface area contributed by atoms with Crippen molar-refractivity contribution in [3.05, 3.63) is 30.0 Å². The second kappa shape index (κ2) is 2.83. The van der Waals surface area contributed by atoms with E-state index in [1.807, 2.05) is 0 Å². The van der Waals surface area contributed by atoms with Crippen LogP contribution in [-0.4, -0.2) is 7.11 Å². The van der Waals surface area contributed by atoms with Crippen LogP contribution in [0.2, 0.25) is 0 Å². The number of furan rings is 1. The monoisotopic (exact) mass is 173 g/mol. The van der Waals surface area contributed by atoms with Crippen molar-refractivity contribution in [2.75, 3.05) is 7.11 Å². The zero-order valence-corrected chi connectivity index (χ0v) is 7.07. The first-order valence-corrected chi connectivity index (χ1v) is 3.81. The Balaban J connectivity index is 2.84. The first-order valence-electron chi connectivity index (χ1n) is 3.81. The van der Waals surface area contributed by atoms with Crippen molar-refractivity contribution in [3.8, 4) is 11.8 Å². The van der Waals surface area contributed by atoms with E-state index in [0.29, 0.717) is 16.9 Å². The zero-order chi connectivity index (χ0) is 9.26. The number of methoxy groups -OCH3 is 1. The average molecular weight is 173 g/mol. The molecule has 3 nitrogen and oxygen atoms in total. The highest BCUT2D eigenvalue weighted by Gasteiger charge is 2.08. The maximum Gasteiger partial charge on any atom is 0.137 e. The number of fused-ring (bicyclic) bond motifs is 1. The summed E-state index contributed by atoms with van der Waals surface area (Å²) < 4.78 is 10.2. The maximum atomic E-state index is 8.89. The lowest BCUT2D eigenvalue weighted by Gasteiger charge is -2.01. The summed E-state index contributed by atoms with van der Waals surface area (Å²) in [6, 6.07) is 7.36. The van der Waals surface area contributed by atoms with E-state index in [9.17, 15) is 0 Å². The summed E-state index contributed by atoms with van der Waals surface area (Å²) in [7, 11) is 1.54. The quantitative estimate of drug-likeness (QED) is 0.664. The number of benzene rings is 1. The second-order valence-electron chi connectivity index (χ2n) is 2.59. The standard InChI is InChI=1S/C10H7NO2/c1-12-9-2-3-10-7(4-5-13-10)8(9)6-11/h2-5H,1H3. The van der Waals surface area contributed by atoms with Gasteiger partial charge in [-0.25, -0.2) is 0 Å². The SMILES string of the molecule is COc1ccc2occc2c1C#N. The van der Waals surface area contributed by atoms with Crippen LogP contribution in [0.4, 0.5) is 0 Å². The van der Waals surface area contributed by atoms with E-state index < -0.39 is 0 Å². The summed E-state index contributed by atoms with van der Waals surface area (Å²) >= 11 is 0. The van der Waals surface area contributed by atoms with E-state index in [-0.39, 0.29) is 0 Å². The average Bonchev–Trinajstić information content (AvgIpc) is 2.63. The van der Waals surface area contributed by atoms with Crippen molar-refractivity contribution in [3.63, 3.8) is 0 Å². The molecule has 3 heteroatoms. The summed E-state index contributed by atoms with van der Waals surface area (Å²) in [5, 5.41) is 9.69. The van der Waals surface area contributed by atoms with E-state index >= 15 is 0 Å². The van der Waals surface area contributed by atoms with Gasteiger partial charge in [0.1, 0.15) is 23.0 Å². The lowest BCUT2D eigenvalue weighted by Crippen LogP contribution is -1.87. The third-order valence-corrected chi connectivity index (χ3v) is 1.93. The van der Waals surface area contributed by atoms with Crippen LogP contribution >= 0.6 is 0 Å². The molecule has 1 heterocycles. The van der Waals surface area contributed by atoms with Crippen LogP contribution in [0.5, 0.6) is 5.75 Å². The molecule has 0 spiro atoms. The van der Waals surface area contributed by atoms with Crippen molar-refractivity contribution in [1.82, 2.24) is 0 Å². The highest BCUT2D eigenvalue weighted by atomic mass is 16.5. The van der Waals surface area contributed by atoms with E-state index in [1.54, 1.807) is 31.6 Å². The van der Waals surface area contributed by atoms with Gasteiger partial charge in [-0.1, -0.05) is 0 Å². The van der Waals surface area contributed by atoms with Crippen molar-refractivity contribution < 1.29 is 9.15 Å². The summed E-state index contributed by atoms with van der Waals surface area (Å²) in [5.41, 5.74) is 1.23. The van der Waals surface area contributed by atoms with Crippen LogP contribution in [0.3, 0.4) is 0 Å². The fourth-order valence-electron chi connectivity index (χ4n) is 1.31. The van der Waals surface area contributed by atoms with Gasteiger partial charge in [0.15, 0.2) is 0 Å². The molecule has 64 valence electrons. The first kappa shape index (κ1) is 7.69. The number of nitriles is 1. The zero-order valence-electron chi connectivity index (χ0n) is 7.07. The van der Waals surface area contributed by atoms with Gasteiger partial charge in [-0.2, -0.15) is 5.26 Å². The third-order valence-electron chi connectivity index (χ3n) is 1.93. The van der Waals surface area contributed by atoms with Crippen molar-refractivity contribution >= 4 is 11.0 Å². The van der Waals surface area contributed by atoms with Crippen LogP contribution in [0, 0.1) is 11.3 Å². The summed E-state index contributed by atoms with van der Waals surface area (Å²) in [6.07, 6.45) is 1.56. The van der Waals surface area contributed by atoms with Crippen molar-refractivity contribution in [1.29, 1.82) is 5.26 Å². The molecule has 0 amide bonds. The normalized spacial score (nSPS) is 9.85. The lowest BCUT2D eigenvalue weighted by atomic mass is 10.1. The first-order chi connectivity index (χ1) is 6.36. The highest BCUT2D eigenvalue weighted by Crippen LogP contribution is 2.27. The number of rotatable bonds is 1. The Bertz CT molecular complexity index is 479. The molecule has 0 saturated carbocycles. The largest absolute Gasteiger partial charge is 0.495 e. The second-order valence-corrected chi connectivity index (χ2v) is 2.59. The van der Waals surface area contributed by atoms with E-state index in [0.717, 1.165) is 5.39 Å². The maximum absolute atomic E-state index is 8.89. The smallest absolute Gasteiger partial charge is 0.137 e. The molecule has 0 atom stereocenters. The van der Waals surface area contributed by atoms with E-state index in [1.165, 1.54) is 0 Å². The molecule has 2 rings (SSSR count). The lowest BCUT2D eigenvalue weighted by molar-refractivity contribution is 0.414. The molecule has 0 N–H and O–H groups in total. The molecule has 0 unspecified atom stereocenters. The fraction of sp³-hybridized carbons (Fsp3) is 0.100. The molecule has 0 bridgehead atoms. The fourth-order valence-corrected chi connectivity index (χ4v) is 1.31. The molecule has 0 aliphatic heterocycles. The van der Waals surface area contributed by atoms with Gasteiger partial charge < -0.3 is 9.15 Å². The van der Waals surface area contributed by atoms with Gasteiger partial charge >= 0.3 is 0 Å². The Morgan fingerprint density at radius 1 is 1.38 bits per heavy atom. The molecular formula is C10H7NO2. The van der Waals surface area contributed by atoms with Crippen LogP contribution < -0.4 is 4.74 Å². The van der Waals surface area contributed by atoms with Gasteiger partial charge in [0.05, 0.1) is 13.4 Å². The number of hydrogen-bond donors (Lipinski definition) is 0. The van der Waals surface area contributed by atoms with Gasteiger partial charge in [-0.15, -0.1) is 0 Å². The van der Waals surface area contributed by atoms with E-state index in [4.69, 9.17) is 14.4 Å². The summed E-state index contributed by atoms with van der Waals surface area (Å²) in [6.45, 7) is 0. The predicted molar refractivity (Wildman–Crippen MR) is 47.5 cm³/mol. The molecule has 2 aromatic rings. The Labute approximate surface area is 75.1 Å². The molecule has 0 fully saturated rings. The number of hydrogen-bond acceptors (Lipinski definition) is 3. The molecule has 13 heavy (non-hydrogen) atoms. The van der Waals surface area contributed by atoms with Crippen LogP contribution in [-0.2, 0) is 0 Å². The summed E-state index contributed by atoms with van der Waals surface area (Å²) in [5.74, 6) is 0.580. The number of nitrogens with zero attached hydrogens (tertiary/aromatic N) is 1. The molecule has 1 aromatic heterocycles. The molecule has 0 aliphatic carbocycles. The van der Waals surface area contributed by atoms with Crippen LogP contribution in [0.15, 0.2) is 28.9 Å². The Morgan fingerprint density at radius 2 is 2.23 bits per heavy atom. The van der Waals surface area contributed by atoms with Gasteiger partial charge in [0, 0.05) is 5.39 Å². The highest BCUT2D eigenvalue weighted by molar-refractivity contribution is 5.86. The van der Waals surface area contributed by atoms with Crippen LogP contribution in [0.25, 0.3) is 11.0 Å².